The van der Waals surface area contributed by atoms with Crippen LogP contribution in [0, 0.1) is 0 Å². The molecule has 36 heavy (non-hydrogen) atoms. The number of rotatable bonds is 8. The highest BCUT2D eigenvalue weighted by atomic mass is 79.9. The second-order valence-corrected chi connectivity index (χ2v) is 11.4. The van der Waals surface area contributed by atoms with Crippen LogP contribution >= 0.6 is 39.3 Å². The first kappa shape index (κ1) is 26.3. The number of halogens is 2. The molecule has 1 heterocycles. The molecule has 3 aromatic carbocycles. The molecule has 1 aliphatic rings. The zero-order valence-electron chi connectivity index (χ0n) is 18.8. The molecule has 0 aliphatic carbocycles. The third-order valence-electron chi connectivity index (χ3n) is 4.99. The Hall–Kier alpha value is -2.79. The number of nitrogens with zero attached hydrogens (tertiary/aromatic N) is 1. The summed E-state index contributed by atoms with van der Waals surface area (Å²) in [6.07, 6.45) is 1.56. The number of carbonyl (C=O) groups excluding carboxylic acids is 2. The number of amides is 2. The van der Waals surface area contributed by atoms with Crippen molar-refractivity contribution in [1.29, 1.82) is 0 Å². The minimum Gasteiger partial charge on any atom is -0.490 e. The topological polar surface area (TPSA) is 90.0 Å². The van der Waals surface area contributed by atoms with Crippen molar-refractivity contribution in [3.8, 4) is 11.5 Å². The predicted molar refractivity (Wildman–Crippen MR) is 143 cm³/mol. The van der Waals surface area contributed by atoms with Gasteiger partial charge >= 0.3 is 10.1 Å². The molecule has 1 fully saturated rings. The summed E-state index contributed by atoms with van der Waals surface area (Å²) in [5.74, 6) is -0.235. The molecule has 0 atom stereocenters. The fraction of sp³-hybridized carbons (Fsp3) is 0.120. The van der Waals surface area contributed by atoms with Gasteiger partial charge in [-0.25, -0.2) is 0 Å². The summed E-state index contributed by atoms with van der Waals surface area (Å²) in [5.41, 5.74) is 1.37. The SMILES string of the molecule is CCOc1cc(/C=C2\SC(=O)N(Cc3ccc(Br)cc3)C2=O)ccc1OS(=O)(=O)c1ccc(Cl)cc1. The van der Waals surface area contributed by atoms with Crippen LogP contribution in [0.25, 0.3) is 6.08 Å². The number of thioether (sulfide) groups is 1. The Morgan fingerprint density at radius 1 is 1.00 bits per heavy atom. The predicted octanol–water partition coefficient (Wildman–Crippen LogP) is 6.51. The summed E-state index contributed by atoms with van der Waals surface area (Å²) in [5, 5.41) is 0.0303. The van der Waals surface area contributed by atoms with E-state index in [0.29, 0.717) is 10.6 Å². The maximum atomic E-state index is 12.9. The van der Waals surface area contributed by atoms with Gasteiger partial charge in [0, 0.05) is 9.50 Å². The van der Waals surface area contributed by atoms with Gasteiger partial charge in [0.2, 0.25) is 0 Å². The Morgan fingerprint density at radius 2 is 1.69 bits per heavy atom. The van der Waals surface area contributed by atoms with Crippen LogP contribution in [0.15, 0.2) is 81.0 Å². The van der Waals surface area contributed by atoms with Gasteiger partial charge in [0.15, 0.2) is 11.5 Å². The molecular formula is C25H19BrClNO6S2. The Bertz CT molecular complexity index is 1440. The smallest absolute Gasteiger partial charge is 0.339 e. The van der Waals surface area contributed by atoms with Crippen LogP contribution in [0.1, 0.15) is 18.1 Å². The average Bonchev–Trinajstić information content (AvgIpc) is 3.09. The van der Waals surface area contributed by atoms with Gasteiger partial charge < -0.3 is 8.92 Å². The highest BCUT2D eigenvalue weighted by Crippen LogP contribution is 2.36. The quantitative estimate of drug-likeness (QED) is 0.213. The van der Waals surface area contributed by atoms with Crippen LogP contribution in [0.3, 0.4) is 0 Å². The Balaban J connectivity index is 1.56. The van der Waals surface area contributed by atoms with Crippen molar-refractivity contribution in [2.24, 2.45) is 0 Å². The Kier molecular flexibility index (Phi) is 8.09. The van der Waals surface area contributed by atoms with Crippen LogP contribution < -0.4 is 8.92 Å². The van der Waals surface area contributed by atoms with Crippen LogP contribution in [0.2, 0.25) is 5.02 Å². The molecule has 2 amide bonds. The monoisotopic (exact) mass is 607 g/mol. The van der Waals surface area contributed by atoms with Gasteiger partial charge in [0.25, 0.3) is 11.1 Å². The van der Waals surface area contributed by atoms with Crippen LogP contribution in [0.5, 0.6) is 11.5 Å². The van der Waals surface area contributed by atoms with Crippen molar-refractivity contribution in [2.45, 2.75) is 18.4 Å². The second-order valence-electron chi connectivity index (χ2n) is 7.52. The molecule has 11 heteroatoms. The summed E-state index contributed by atoms with van der Waals surface area (Å²) < 4.78 is 37.2. The summed E-state index contributed by atoms with van der Waals surface area (Å²) in [6.45, 7) is 2.16. The normalized spacial score (nSPS) is 15.0. The first-order chi connectivity index (χ1) is 17.2. The highest BCUT2D eigenvalue weighted by molar-refractivity contribution is 9.10. The molecule has 1 saturated heterocycles. The van der Waals surface area contributed by atoms with Gasteiger partial charge in [-0.15, -0.1) is 0 Å². The van der Waals surface area contributed by atoms with Crippen molar-refractivity contribution in [3.63, 3.8) is 0 Å². The van der Waals surface area contributed by atoms with Crippen molar-refractivity contribution in [1.82, 2.24) is 4.90 Å². The van der Waals surface area contributed by atoms with E-state index >= 15 is 0 Å². The zero-order chi connectivity index (χ0) is 25.9. The molecule has 186 valence electrons. The van der Waals surface area contributed by atoms with E-state index in [-0.39, 0.29) is 39.7 Å². The van der Waals surface area contributed by atoms with E-state index < -0.39 is 16.0 Å². The molecule has 7 nitrogen and oxygen atoms in total. The average molecular weight is 609 g/mol. The number of hydrogen-bond donors (Lipinski definition) is 0. The molecule has 0 aromatic heterocycles. The Morgan fingerprint density at radius 3 is 2.36 bits per heavy atom. The lowest BCUT2D eigenvalue weighted by molar-refractivity contribution is -0.123. The van der Waals surface area contributed by atoms with Crippen molar-refractivity contribution in [3.05, 3.63) is 92.3 Å². The molecule has 0 saturated carbocycles. The van der Waals surface area contributed by atoms with Crippen molar-refractivity contribution in [2.75, 3.05) is 6.61 Å². The highest BCUT2D eigenvalue weighted by Gasteiger charge is 2.35. The lowest BCUT2D eigenvalue weighted by Crippen LogP contribution is -2.27. The van der Waals surface area contributed by atoms with E-state index in [1.54, 1.807) is 25.1 Å². The van der Waals surface area contributed by atoms with Gasteiger partial charge in [-0.3, -0.25) is 14.5 Å². The van der Waals surface area contributed by atoms with Crippen molar-refractivity contribution >= 4 is 66.6 Å². The van der Waals surface area contributed by atoms with E-state index in [9.17, 15) is 18.0 Å². The molecule has 0 N–H and O–H groups in total. The summed E-state index contributed by atoms with van der Waals surface area (Å²) in [7, 11) is -4.13. The number of hydrogen-bond acceptors (Lipinski definition) is 7. The number of carbonyl (C=O) groups is 2. The number of imide groups is 1. The van der Waals surface area contributed by atoms with E-state index in [4.69, 9.17) is 20.5 Å². The van der Waals surface area contributed by atoms with Crippen molar-refractivity contribution < 1.29 is 26.9 Å². The third-order valence-corrected chi connectivity index (χ3v) is 7.93. The van der Waals surface area contributed by atoms with E-state index in [2.05, 4.69) is 15.9 Å². The van der Waals surface area contributed by atoms with Crippen LogP contribution in [-0.2, 0) is 21.5 Å². The third kappa shape index (κ3) is 6.12. The first-order valence-corrected chi connectivity index (χ1v) is 14.0. The number of benzene rings is 3. The maximum Gasteiger partial charge on any atom is 0.339 e. The molecule has 0 bridgehead atoms. The summed E-state index contributed by atoms with van der Waals surface area (Å²) in [4.78, 5) is 26.8. The minimum atomic E-state index is -4.13. The summed E-state index contributed by atoms with van der Waals surface area (Å²) >= 11 is 10.0. The first-order valence-electron chi connectivity index (χ1n) is 10.6. The van der Waals surface area contributed by atoms with Gasteiger partial charge in [0.1, 0.15) is 4.90 Å². The standard InChI is InChI=1S/C25H19BrClNO6S2/c1-2-33-22-13-17(5-12-21(22)34-36(31,32)20-10-8-19(27)9-11-20)14-23-24(29)28(25(30)35-23)15-16-3-6-18(26)7-4-16/h3-14H,2,15H2,1H3/b23-14-. The van der Waals surface area contributed by atoms with E-state index in [0.717, 1.165) is 21.8 Å². The largest absolute Gasteiger partial charge is 0.490 e. The maximum absolute atomic E-state index is 12.9. The molecule has 4 rings (SSSR count). The molecule has 3 aromatic rings. The molecular weight excluding hydrogens is 590 g/mol. The van der Waals surface area contributed by atoms with Gasteiger partial charge in [-0.2, -0.15) is 8.42 Å². The van der Waals surface area contributed by atoms with Crippen LogP contribution in [0.4, 0.5) is 4.79 Å². The molecule has 0 spiro atoms. The summed E-state index contributed by atoms with van der Waals surface area (Å²) in [6, 6.07) is 17.5. The zero-order valence-corrected chi connectivity index (χ0v) is 22.8. The Labute approximate surface area is 226 Å². The second kappa shape index (κ2) is 11.1. The lowest BCUT2D eigenvalue weighted by atomic mass is 10.1. The van der Waals surface area contributed by atoms with Gasteiger partial charge in [0.05, 0.1) is 18.1 Å². The number of ether oxygens (including phenoxy) is 1. The van der Waals surface area contributed by atoms with Crippen LogP contribution in [-0.4, -0.2) is 31.1 Å². The van der Waals surface area contributed by atoms with Gasteiger partial charge in [-0.05, 0) is 84.4 Å². The minimum absolute atomic E-state index is 0.00714. The fourth-order valence-corrected chi connectivity index (χ4v) is 5.45. The molecule has 0 unspecified atom stereocenters. The van der Waals surface area contributed by atoms with E-state index in [1.807, 2.05) is 24.3 Å². The van der Waals surface area contributed by atoms with Gasteiger partial charge in [-0.1, -0.05) is 45.7 Å². The molecule has 1 aliphatic heterocycles. The lowest BCUT2D eigenvalue weighted by Gasteiger charge is -2.13. The fourth-order valence-electron chi connectivity index (χ4n) is 3.28. The molecule has 0 radical (unpaired) electrons. The van der Waals surface area contributed by atoms with E-state index in [1.165, 1.54) is 35.2 Å².